The van der Waals surface area contributed by atoms with Crippen molar-refractivity contribution >= 4 is 23.2 Å². The number of carboxylic acid groups (broad SMARTS) is 1. The van der Waals surface area contributed by atoms with Gasteiger partial charge >= 0.3 is 5.97 Å². The van der Waals surface area contributed by atoms with Gasteiger partial charge in [-0.1, -0.05) is 6.92 Å². The molecule has 0 saturated heterocycles. The number of thiophene rings is 1. The monoisotopic (exact) mass is 285 g/mol. The minimum atomic E-state index is -1.00. The molecule has 1 aromatic heterocycles. The lowest BCUT2D eigenvalue weighted by atomic mass is 10.2. The number of aliphatic carboxylic acids is 1. The largest absolute Gasteiger partial charge is 0.480 e. The molecular formula is C13H19NO4S. The summed E-state index contributed by atoms with van der Waals surface area (Å²) in [5.41, 5.74) is 0.802. The van der Waals surface area contributed by atoms with E-state index in [1.54, 1.807) is 7.11 Å². The summed E-state index contributed by atoms with van der Waals surface area (Å²) >= 11 is 1.32. The number of ether oxygens (including phenoxy) is 1. The van der Waals surface area contributed by atoms with Gasteiger partial charge in [0.05, 0.1) is 11.5 Å². The number of carbonyl (C=O) groups is 2. The van der Waals surface area contributed by atoms with E-state index in [1.807, 2.05) is 25.3 Å². The van der Waals surface area contributed by atoms with Crippen molar-refractivity contribution in [2.45, 2.75) is 32.9 Å². The van der Waals surface area contributed by atoms with Gasteiger partial charge in [-0.3, -0.25) is 9.59 Å². The van der Waals surface area contributed by atoms with E-state index in [9.17, 15) is 9.59 Å². The number of methoxy groups -OCH3 is 1. The SMILES string of the molecule is CCC(C)N(CC(=O)O)C(=O)c1sccc1COC. The molecule has 106 valence electrons. The van der Waals surface area contributed by atoms with E-state index in [4.69, 9.17) is 9.84 Å². The molecule has 1 atom stereocenters. The second-order valence-electron chi connectivity index (χ2n) is 4.29. The van der Waals surface area contributed by atoms with E-state index in [1.165, 1.54) is 16.2 Å². The molecule has 0 aromatic carbocycles. The van der Waals surface area contributed by atoms with Gasteiger partial charge in [0.1, 0.15) is 6.54 Å². The average Bonchev–Trinajstić information content (AvgIpc) is 2.82. The van der Waals surface area contributed by atoms with Crippen molar-refractivity contribution in [3.63, 3.8) is 0 Å². The van der Waals surface area contributed by atoms with Gasteiger partial charge in [0.25, 0.3) is 5.91 Å². The van der Waals surface area contributed by atoms with Crippen molar-refractivity contribution in [2.24, 2.45) is 0 Å². The lowest BCUT2D eigenvalue weighted by Crippen LogP contribution is -2.41. The van der Waals surface area contributed by atoms with Crippen molar-refractivity contribution in [1.29, 1.82) is 0 Å². The first kappa shape index (κ1) is 15.7. The fraction of sp³-hybridized carbons (Fsp3) is 0.538. The van der Waals surface area contributed by atoms with Gasteiger partial charge in [0.2, 0.25) is 0 Å². The highest BCUT2D eigenvalue weighted by molar-refractivity contribution is 7.12. The molecule has 0 spiro atoms. The van der Waals surface area contributed by atoms with Crippen LogP contribution in [0.5, 0.6) is 0 Å². The van der Waals surface area contributed by atoms with Crippen molar-refractivity contribution in [3.8, 4) is 0 Å². The quantitative estimate of drug-likeness (QED) is 0.834. The summed E-state index contributed by atoms with van der Waals surface area (Å²) < 4.78 is 5.04. The van der Waals surface area contributed by atoms with Gasteiger partial charge in [-0.25, -0.2) is 0 Å². The van der Waals surface area contributed by atoms with Crippen molar-refractivity contribution in [2.75, 3.05) is 13.7 Å². The minimum absolute atomic E-state index is 0.110. The molecule has 0 aliphatic heterocycles. The van der Waals surface area contributed by atoms with Crippen molar-refractivity contribution in [1.82, 2.24) is 4.90 Å². The highest BCUT2D eigenvalue weighted by atomic mass is 32.1. The van der Waals surface area contributed by atoms with Crippen LogP contribution in [-0.4, -0.2) is 41.6 Å². The van der Waals surface area contributed by atoms with Crippen LogP contribution < -0.4 is 0 Å². The molecule has 0 aliphatic carbocycles. The standard InChI is InChI=1S/C13H19NO4S/c1-4-9(2)14(7-11(15)16)13(17)12-10(8-18-3)5-6-19-12/h5-6,9H,4,7-8H2,1-3H3,(H,15,16). The lowest BCUT2D eigenvalue weighted by Gasteiger charge is -2.26. The Kier molecular flexibility index (Phi) is 5.98. The summed E-state index contributed by atoms with van der Waals surface area (Å²) in [7, 11) is 1.57. The molecular weight excluding hydrogens is 266 g/mol. The van der Waals surface area contributed by atoms with Gasteiger partial charge in [0.15, 0.2) is 0 Å². The van der Waals surface area contributed by atoms with E-state index >= 15 is 0 Å². The summed E-state index contributed by atoms with van der Waals surface area (Å²) in [6, 6.07) is 1.72. The molecule has 1 heterocycles. The van der Waals surface area contributed by atoms with Gasteiger partial charge in [-0.2, -0.15) is 0 Å². The van der Waals surface area contributed by atoms with Gasteiger partial charge in [-0.15, -0.1) is 11.3 Å². The highest BCUT2D eigenvalue weighted by Crippen LogP contribution is 2.21. The summed E-state index contributed by atoms with van der Waals surface area (Å²) in [4.78, 5) is 25.3. The maximum Gasteiger partial charge on any atom is 0.323 e. The summed E-state index contributed by atoms with van der Waals surface area (Å²) in [6.45, 7) is 3.85. The Bertz CT molecular complexity index is 444. The zero-order chi connectivity index (χ0) is 14.4. The molecule has 0 aliphatic rings. The van der Waals surface area contributed by atoms with Crippen LogP contribution in [0.2, 0.25) is 0 Å². The van der Waals surface area contributed by atoms with E-state index < -0.39 is 5.97 Å². The molecule has 0 radical (unpaired) electrons. The molecule has 6 heteroatoms. The maximum atomic E-state index is 12.5. The van der Waals surface area contributed by atoms with E-state index in [-0.39, 0.29) is 18.5 Å². The van der Waals surface area contributed by atoms with Crippen LogP contribution >= 0.6 is 11.3 Å². The number of carbonyl (C=O) groups excluding carboxylic acids is 1. The van der Waals surface area contributed by atoms with Crippen LogP contribution in [0.15, 0.2) is 11.4 Å². The summed E-state index contributed by atoms with van der Waals surface area (Å²) in [5.74, 6) is -1.24. The third kappa shape index (κ3) is 4.04. The molecule has 1 amide bonds. The first-order valence-electron chi connectivity index (χ1n) is 6.09. The zero-order valence-electron chi connectivity index (χ0n) is 11.4. The highest BCUT2D eigenvalue weighted by Gasteiger charge is 2.25. The maximum absolute atomic E-state index is 12.5. The third-order valence-corrected chi connectivity index (χ3v) is 3.87. The van der Waals surface area contributed by atoms with Gasteiger partial charge < -0.3 is 14.7 Å². The number of carboxylic acids is 1. The summed E-state index contributed by atoms with van der Waals surface area (Å²) in [5, 5.41) is 10.7. The second kappa shape index (κ2) is 7.25. The molecule has 5 nitrogen and oxygen atoms in total. The molecule has 0 fully saturated rings. The minimum Gasteiger partial charge on any atom is -0.480 e. The normalized spacial score (nSPS) is 12.2. The Morgan fingerprint density at radius 1 is 1.53 bits per heavy atom. The smallest absolute Gasteiger partial charge is 0.323 e. The van der Waals surface area contributed by atoms with Crippen LogP contribution in [0.3, 0.4) is 0 Å². The van der Waals surface area contributed by atoms with E-state index in [2.05, 4.69) is 0 Å². The lowest BCUT2D eigenvalue weighted by molar-refractivity contribution is -0.138. The predicted molar refractivity (Wildman–Crippen MR) is 73.5 cm³/mol. The number of hydrogen-bond donors (Lipinski definition) is 1. The van der Waals surface area contributed by atoms with E-state index in [0.29, 0.717) is 17.9 Å². The average molecular weight is 285 g/mol. The zero-order valence-corrected chi connectivity index (χ0v) is 12.2. The fourth-order valence-electron chi connectivity index (χ4n) is 1.72. The van der Waals surface area contributed by atoms with Crippen LogP contribution in [0.25, 0.3) is 0 Å². The van der Waals surface area contributed by atoms with Crippen LogP contribution in [0, 0.1) is 0 Å². The molecule has 1 aromatic rings. The first-order valence-corrected chi connectivity index (χ1v) is 6.97. The molecule has 19 heavy (non-hydrogen) atoms. The Morgan fingerprint density at radius 2 is 2.21 bits per heavy atom. The molecule has 1 rings (SSSR count). The Hall–Kier alpha value is -1.40. The molecule has 1 N–H and O–H groups in total. The molecule has 1 unspecified atom stereocenters. The topological polar surface area (TPSA) is 66.8 Å². The van der Waals surface area contributed by atoms with Crippen LogP contribution in [0.1, 0.15) is 35.5 Å². The Labute approximate surface area is 116 Å². The number of rotatable bonds is 7. The number of amides is 1. The second-order valence-corrected chi connectivity index (χ2v) is 5.21. The van der Waals surface area contributed by atoms with E-state index in [0.717, 1.165) is 5.56 Å². The molecule has 0 saturated carbocycles. The first-order chi connectivity index (χ1) is 9.01. The van der Waals surface area contributed by atoms with Crippen LogP contribution in [0.4, 0.5) is 0 Å². The Morgan fingerprint density at radius 3 is 2.74 bits per heavy atom. The van der Waals surface area contributed by atoms with Gasteiger partial charge in [-0.05, 0) is 24.8 Å². The van der Waals surface area contributed by atoms with Crippen molar-refractivity contribution < 1.29 is 19.4 Å². The Balaban J connectivity index is 2.97. The number of nitrogens with zero attached hydrogens (tertiary/aromatic N) is 1. The molecule has 0 bridgehead atoms. The fourth-order valence-corrected chi connectivity index (χ4v) is 2.58. The predicted octanol–water partition coefficient (Wildman–Crippen LogP) is 2.22. The van der Waals surface area contributed by atoms with Gasteiger partial charge in [0, 0.05) is 18.7 Å². The van der Waals surface area contributed by atoms with Crippen molar-refractivity contribution in [3.05, 3.63) is 21.9 Å². The number of hydrogen-bond acceptors (Lipinski definition) is 4. The van der Waals surface area contributed by atoms with Crippen LogP contribution in [-0.2, 0) is 16.1 Å². The third-order valence-electron chi connectivity index (χ3n) is 2.93. The summed E-state index contributed by atoms with van der Waals surface area (Å²) in [6.07, 6.45) is 0.712.